The zero-order valence-corrected chi connectivity index (χ0v) is 16.4. The summed E-state index contributed by atoms with van der Waals surface area (Å²) in [6.45, 7) is 0. The number of benzene rings is 1. The number of alkyl halides is 3. The van der Waals surface area contributed by atoms with Crippen molar-refractivity contribution in [3.05, 3.63) is 35.7 Å². The second-order valence-electron chi connectivity index (χ2n) is 5.50. The normalized spacial score (nSPS) is 13.1. The molecule has 0 bridgehead atoms. The highest BCUT2D eigenvalue weighted by molar-refractivity contribution is 7.92. The Morgan fingerprint density at radius 1 is 1.21 bits per heavy atom. The number of halogens is 3. The molecule has 0 saturated carbocycles. The van der Waals surface area contributed by atoms with Crippen LogP contribution in [0.4, 0.5) is 18.9 Å². The van der Waals surface area contributed by atoms with Gasteiger partial charge in [0.1, 0.15) is 7.85 Å². The number of aromatic nitrogens is 2. The molecule has 13 heteroatoms. The van der Waals surface area contributed by atoms with Gasteiger partial charge in [-0.1, -0.05) is 23.7 Å². The molecule has 2 aromatic rings. The summed E-state index contributed by atoms with van der Waals surface area (Å²) in [4.78, 5) is 8.23. The van der Waals surface area contributed by atoms with Crippen LogP contribution in [0.25, 0.3) is 0 Å². The molecule has 1 aromatic heterocycles. The number of nitrogens with one attached hydrogen (secondary N) is 1. The van der Waals surface area contributed by atoms with Crippen LogP contribution in [0.3, 0.4) is 0 Å². The number of hydrogen-bond donors (Lipinski definition) is 2. The van der Waals surface area contributed by atoms with Crippen molar-refractivity contribution >= 4 is 41.6 Å². The van der Waals surface area contributed by atoms with Gasteiger partial charge in [0.25, 0.3) is 0 Å². The van der Waals surface area contributed by atoms with Crippen molar-refractivity contribution in [3.63, 3.8) is 0 Å². The summed E-state index contributed by atoms with van der Waals surface area (Å²) in [7, 11) is 3.77. The fraction of sp³-hybridized carbons (Fsp3) is 0.333. The Bertz CT molecular complexity index is 936. The maximum absolute atomic E-state index is 12.5. The third kappa shape index (κ3) is 5.68. The number of sulfonamides is 1. The van der Waals surface area contributed by atoms with Gasteiger partial charge >= 0.3 is 6.18 Å². The van der Waals surface area contributed by atoms with Gasteiger partial charge in [-0.15, -0.1) is 0 Å². The maximum atomic E-state index is 12.5. The molecule has 0 aliphatic heterocycles. The molecule has 0 amide bonds. The van der Waals surface area contributed by atoms with Crippen LogP contribution in [0.15, 0.2) is 24.3 Å². The smallest absolute Gasteiger partial charge is 0.404 e. The minimum absolute atomic E-state index is 0.0707. The molecule has 1 aromatic carbocycles. The van der Waals surface area contributed by atoms with E-state index < -0.39 is 27.2 Å². The second-order valence-corrected chi connectivity index (χ2v) is 7.74. The number of anilines is 1. The Balaban J connectivity index is 2.49. The molecule has 28 heavy (non-hydrogen) atoms. The van der Waals surface area contributed by atoms with Crippen molar-refractivity contribution < 1.29 is 31.1 Å². The zero-order chi connectivity index (χ0) is 21.1. The second kappa shape index (κ2) is 8.47. The number of hydrogen-bond acceptors (Lipinski definition) is 7. The van der Waals surface area contributed by atoms with Crippen LogP contribution >= 0.6 is 12.6 Å². The first-order chi connectivity index (χ1) is 13.0. The van der Waals surface area contributed by atoms with Gasteiger partial charge in [-0.3, -0.25) is 4.72 Å². The summed E-state index contributed by atoms with van der Waals surface area (Å²) in [6.07, 6.45) is -4.92. The van der Waals surface area contributed by atoms with Crippen molar-refractivity contribution in [2.24, 2.45) is 0 Å². The van der Waals surface area contributed by atoms with Crippen molar-refractivity contribution in [2.75, 3.05) is 24.7 Å². The average molecular weight is 433 g/mol. The lowest BCUT2D eigenvalue weighted by Gasteiger charge is -2.20. The molecule has 0 fully saturated rings. The van der Waals surface area contributed by atoms with Gasteiger partial charge in [-0.25, -0.2) is 8.42 Å². The number of thiol groups is 1. The van der Waals surface area contributed by atoms with E-state index in [9.17, 15) is 21.6 Å². The quantitative estimate of drug-likeness (QED) is 0.510. The maximum Gasteiger partial charge on any atom is 0.404 e. The Hall–Kier alpha value is -2.15. The van der Waals surface area contributed by atoms with E-state index in [2.05, 4.69) is 22.6 Å². The van der Waals surface area contributed by atoms with Crippen LogP contribution in [-0.4, -0.2) is 52.4 Å². The van der Waals surface area contributed by atoms with Crippen LogP contribution in [0.1, 0.15) is 16.6 Å². The fourth-order valence-electron chi connectivity index (χ4n) is 2.23. The Morgan fingerprint density at radius 3 is 2.29 bits per heavy atom. The van der Waals surface area contributed by atoms with Gasteiger partial charge in [0.15, 0.2) is 11.6 Å². The van der Waals surface area contributed by atoms with Crippen LogP contribution in [0.5, 0.6) is 11.8 Å². The highest BCUT2D eigenvalue weighted by Crippen LogP contribution is 2.33. The summed E-state index contributed by atoms with van der Waals surface area (Å²) in [5, 5.41) is -0.948. The minimum Gasteiger partial charge on any atom is -0.481 e. The molecule has 1 heterocycles. The first-order valence-corrected chi connectivity index (χ1v) is 9.73. The third-order valence-electron chi connectivity index (χ3n) is 3.39. The highest BCUT2D eigenvalue weighted by atomic mass is 32.2. The van der Waals surface area contributed by atoms with Gasteiger partial charge in [-0.05, 0) is 5.56 Å². The molecule has 0 spiro atoms. The lowest BCUT2D eigenvalue weighted by Crippen LogP contribution is -2.30. The summed E-state index contributed by atoms with van der Waals surface area (Å²) in [6, 6.07) is 5.68. The molecule has 0 aliphatic carbocycles. The molecule has 2 radical (unpaired) electrons. The monoisotopic (exact) mass is 433 g/mol. The Kier molecular flexibility index (Phi) is 6.70. The van der Waals surface area contributed by atoms with Crippen LogP contribution < -0.4 is 19.7 Å². The van der Waals surface area contributed by atoms with Crippen molar-refractivity contribution in [1.29, 1.82) is 0 Å². The number of ether oxygens (including phenoxy) is 2. The summed E-state index contributed by atoms with van der Waals surface area (Å²) in [5.74, 6) is -1.68. The third-order valence-corrected chi connectivity index (χ3v) is 5.13. The van der Waals surface area contributed by atoms with Crippen LogP contribution in [-0.2, 0) is 10.0 Å². The van der Waals surface area contributed by atoms with E-state index in [-0.39, 0.29) is 34.3 Å². The SMILES string of the molecule is [B]c1cccc(C(S)c2nc(OC)cc(OC)n2)c1NS(=O)(=O)CC(F)(F)F. The lowest BCUT2D eigenvalue weighted by atomic mass is 9.91. The number of rotatable bonds is 7. The fourth-order valence-corrected chi connectivity index (χ4v) is 3.61. The van der Waals surface area contributed by atoms with E-state index >= 15 is 0 Å². The van der Waals surface area contributed by atoms with Gasteiger partial charge in [0.05, 0.1) is 25.5 Å². The summed E-state index contributed by atoms with van der Waals surface area (Å²) in [5.41, 5.74) is -0.168. The number of nitrogens with zero attached hydrogens (tertiary/aromatic N) is 2. The van der Waals surface area contributed by atoms with E-state index in [1.807, 2.05) is 4.72 Å². The summed E-state index contributed by atoms with van der Waals surface area (Å²) < 4.78 is 73.4. The molecule has 0 saturated heterocycles. The van der Waals surface area contributed by atoms with Gasteiger partial charge in [0.2, 0.25) is 21.8 Å². The van der Waals surface area contributed by atoms with Gasteiger partial charge < -0.3 is 9.47 Å². The topological polar surface area (TPSA) is 90.4 Å². The van der Waals surface area contributed by atoms with E-state index in [1.165, 1.54) is 38.5 Å². The predicted molar refractivity (Wildman–Crippen MR) is 101 cm³/mol. The molecule has 1 unspecified atom stereocenters. The van der Waals surface area contributed by atoms with Gasteiger partial charge in [0, 0.05) is 5.69 Å². The van der Waals surface area contributed by atoms with E-state index in [0.717, 1.165) is 0 Å². The molecule has 7 nitrogen and oxygen atoms in total. The molecular weight excluding hydrogens is 418 g/mol. The first-order valence-electron chi connectivity index (χ1n) is 7.56. The first kappa shape index (κ1) is 22.1. The van der Waals surface area contributed by atoms with E-state index in [0.29, 0.717) is 0 Å². The zero-order valence-electron chi connectivity index (χ0n) is 14.7. The largest absolute Gasteiger partial charge is 0.481 e. The molecular formula is C15H15BF3N3O4S2. The summed E-state index contributed by atoms with van der Waals surface area (Å²) >= 11 is 4.39. The van der Waals surface area contributed by atoms with Crippen molar-refractivity contribution in [1.82, 2.24) is 9.97 Å². The van der Waals surface area contributed by atoms with Crippen LogP contribution in [0, 0.1) is 0 Å². The number of methoxy groups -OCH3 is 2. The average Bonchev–Trinajstić information content (AvgIpc) is 2.60. The standard InChI is InChI=1S/C15H15BF3N3O4S2/c1-25-10-6-11(26-2)21-14(20-10)13(27)8-4-3-5-9(16)12(8)22-28(23,24)7-15(17,18)19/h3-6,13,22,27H,7H2,1-2H3. The van der Waals surface area contributed by atoms with Crippen molar-refractivity contribution in [2.45, 2.75) is 11.4 Å². The van der Waals surface area contributed by atoms with E-state index in [1.54, 1.807) is 0 Å². The van der Waals surface area contributed by atoms with E-state index in [4.69, 9.17) is 17.3 Å². The van der Waals surface area contributed by atoms with Gasteiger partial charge in [-0.2, -0.15) is 35.8 Å². The Labute approximate surface area is 166 Å². The molecule has 150 valence electrons. The molecule has 0 aliphatic rings. The lowest BCUT2D eigenvalue weighted by molar-refractivity contribution is -0.106. The highest BCUT2D eigenvalue weighted by Gasteiger charge is 2.36. The molecule has 1 atom stereocenters. The predicted octanol–water partition coefficient (Wildman–Crippen LogP) is 1.61. The number of para-hydroxylation sites is 1. The van der Waals surface area contributed by atoms with Crippen molar-refractivity contribution in [3.8, 4) is 11.8 Å². The van der Waals surface area contributed by atoms with Crippen LogP contribution in [0.2, 0.25) is 0 Å². The molecule has 1 N–H and O–H groups in total. The minimum atomic E-state index is -4.92. The molecule has 2 rings (SSSR count). The Morgan fingerprint density at radius 2 is 1.79 bits per heavy atom.